The molecule has 2 amide bonds. The van der Waals surface area contributed by atoms with Gasteiger partial charge >= 0.3 is 17.9 Å². The molecule has 0 saturated heterocycles. The Bertz CT molecular complexity index is 1530. The van der Waals surface area contributed by atoms with Gasteiger partial charge in [0.05, 0.1) is 45.4 Å². The maximum atomic E-state index is 12.8. The number of aliphatic carboxylic acids is 3. The quantitative estimate of drug-likeness (QED) is 0.0363. The van der Waals surface area contributed by atoms with Crippen molar-refractivity contribution < 1.29 is 77.4 Å². The van der Waals surface area contributed by atoms with E-state index < -0.39 is 41.1 Å². The number of carbonyl (C=O) groups excluding carboxylic acids is 6. The highest BCUT2D eigenvalue weighted by atomic mass is 16.5. The zero-order chi connectivity index (χ0) is 53.1. The van der Waals surface area contributed by atoms with E-state index in [9.17, 15) is 48.3 Å². The molecule has 0 aliphatic rings. The summed E-state index contributed by atoms with van der Waals surface area (Å²) in [5.41, 5.74) is -0.628. The monoisotopic (exact) mass is 1010 g/mol. The Balaban J connectivity index is 3.84. The number of rotatable bonds is 51. The Labute approximate surface area is 423 Å². The third-order valence-corrected chi connectivity index (χ3v) is 12.2. The standard InChI is InChI=1S/C53H92N2O16/c1-41(51(65)53(2,3)4)45(46(58)28-29-50(63)64)24-19-20-30-54-47(59)39-71-37-35-69-33-31-55-48(60)40-70-36-34-68-32-21-23-43(56)27-26-42(52(66)67)38-44(57)22-17-15-13-11-9-7-5-6-8-10-12-14-16-18-25-49(61)62/h41-42,45H,5-40H2,1-4H3,(H,54,59)(H,55,60)(H,61,62)(H,63,64)(H,66,67)/t41?,42-,45-/m1/s1. The second-order valence-electron chi connectivity index (χ2n) is 19.7. The summed E-state index contributed by atoms with van der Waals surface area (Å²) in [5, 5.41) is 32.7. The van der Waals surface area contributed by atoms with Crippen molar-refractivity contribution in [3.05, 3.63) is 0 Å². The fraction of sp³-hybridized carbons (Fsp3) is 0.830. The van der Waals surface area contributed by atoms with E-state index in [1.807, 2.05) is 0 Å². The van der Waals surface area contributed by atoms with Gasteiger partial charge in [-0.1, -0.05) is 111 Å². The molecule has 0 aromatic heterocycles. The summed E-state index contributed by atoms with van der Waals surface area (Å²) in [6, 6.07) is 0. The summed E-state index contributed by atoms with van der Waals surface area (Å²) in [6.45, 7) is 8.68. The van der Waals surface area contributed by atoms with E-state index in [1.54, 1.807) is 27.7 Å². The SMILES string of the molecule is CC(C(=O)C(C)(C)C)[C@@H](CCCCNC(=O)COCCOCCNC(=O)COCCOCCCC(=O)CC[C@H](CC(=O)CCCCCCCCCCCCCCCCC(=O)O)C(=O)O)C(=O)CCC(=O)O. The molecule has 0 bridgehead atoms. The van der Waals surface area contributed by atoms with Crippen LogP contribution in [0, 0.1) is 23.2 Å². The van der Waals surface area contributed by atoms with Gasteiger partial charge in [-0.05, 0) is 38.5 Å². The van der Waals surface area contributed by atoms with Crippen molar-refractivity contribution in [1.29, 1.82) is 0 Å². The first kappa shape index (κ1) is 66.9. The zero-order valence-electron chi connectivity index (χ0n) is 43.8. The van der Waals surface area contributed by atoms with Crippen molar-refractivity contribution in [2.24, 2.45) is 23.2 Å². The lowest BCUT2D eigenvalue weighted by Crippen LogP contribution is -2.35. The van der Waals surface area contributed by atoms with Crippen LogP contribution in [0.1, 0.15) is 195 Å². The van der Waals surface area contributed by atoms with Crippen LogP contribution >= 0.6 is 0 Å². The predicted octanol–water partition coefficient (Wildman–Crippen LogP) is 7.87. The van der Waals surface area contributed by atoms with Crippen LogP contribution in [0.4, 0.5) is 0 Å². The van der Waals surface area contributed by atoms with E-state index in [4.69, 9.17) is 29.2 Å². The van der Waals surface area contributed by atoms with Gasteiger partial charge < -0.3 is 44.9 Å². The Morgan fingerprint density at radius 1 is 0.451 bits per heavy atom. The van der Waals surface area contributed by atoms with E-state index in [0.717, 1.165) is 44.9 Å². The van der Waals surface area contributed by atoms with Gasteiger partial charge in [0.1, 0.15) is 36.3 Å². The minimum Gasteiger partial charge on any atom is -0.481 e. The number of hydrogen-bond acceptors (Lipinski definition) is 13. The molecule has 0 saturated carbocycles. The van der Waals surface area contributed by atoms with Gasteiger partial charge in [-0.2, -0.15) is 0 Å². The molecule has 18 heteroatoms. The summed E-state index contributed by atoms with van der Waals surface area (Å²) < 4.78 is 21.6. The lowest BCUT2D eigenvalue weighted by Gasteiger charge is -2.28. The van der Waals surface area contributed by atoms with Crippen LogP contribution in [0.3, 0.4) is 0 Å². The zero-order valence-corrected chi connectivity index (χ0v) is 43.8. The van der Waals surface area contributed by atoms with Gasteiger partial charge in [0.2, 0.25) is 11.8 Å². The van der Waals surface area contributed by atoms with E-state index >= 15 is 0 Å². The Morgan fingerprint density at radius 3 is 1.42 bits per heavy atom. The number of carbonyl (C=O) groups is 9. The summed E-state index contributed by atoms with van der Waals surface area (Å²) >= 11 is 0. The van der Waals surface area contributed by atoms with Crippen LogP contribution in [0.25, 0.3) is 0 Å². The van der Waals surface area contributed by atoms with Gasteiger partial charge in [0, 0.05) is 75.5 Å². The molecule has 0 aromatic rings. The van der Waals surface area contributed by atoms with Gasteiger partial charge in [-0.3, -0.25) is 43.2 Å². The van der Waals surface area contributed by atoms with Crippen molar-refractivity contribution >= 4 is 52.9 Å². The van der Waals surface area contributed by atoms with Gasteiger partial charge in [-0.15, -0.1) is 0 Å². The van der Waals surface area contributed by atoms with E-state index in [2.05, 4.69) is 10.6 Å². The molecule has 5 N–H and O–H groups in total. The molecule has 0 fully saturated rings. The first-order chi connectivity index (χ1) is 33.8. The lowest BCUT2D eigenvalue weighted by atomic mass is 9.74. The molecule has 1 unspecified atom stereocenters. The molecule has 18 nitrogen and oxygen atoms in total. The molecule has 0 radical (unpaired) electrons. The van der Waals surface area contributed by atoms with Crippen LogP contribution in [-0.2, 0) is 62.1 Å². The number of Topliss-reactive ketones (excluding diaryl/α,β-unsaturated/α-hetero) is 4. The maximum Gasteiger partial charge on any atom is 0.306 e. The lowest BCUT2D eigenvalue weighted by molar-refractivity contribution is -0.144. The van der Waals surface area contributed by atoms with Crippen LogP contribution in [0.5, 0.6) is 0 Å². The van der Waals surface area contributed by atoms with Crippen molar-refractivity contribution in [2.45, 2.75) is 195 Å². The number of amides is 2. The molecule has 410 valence electrons. The smallest absolute Gasteiger partial charge is 0.306 e. The Kier molecular flexibility index (Phi) is 40.9. The van der Waals surface area contributed by atoms with Crippen molar-refractivity contribution in [3.8, 4) is 0 Å². The van der Waals surface area contributed by atoms with Crippen LogP contribution in [0.15, 0.2) is 0 Å². The van der Waals surface area contributed by atoms with Crippen molar-refractivity contribution in [1.82, 2.24) is 10.6 Å². The first-order valence-electron chi connectivity index (χ1n) is 26.5. The van der Waals surface area contributed by atoms with Gasteiger partial charge in [0.15, 0.2) is 0 Å². The molecule has 0 rings (SSSR count). The third-order valence-electron chi connectivity index (χ3n) is 12.2. The Hall–Kier alpha value is -4.13. The van der Waals surface area contributed by atoms with Gasteiger partial charge in [0.25, 0.3) is 0 Å². The topological polar surface area (TPSA) is 275 Å². The molecule has 0 aromatic carbocycles. The fourth-order valence-corrected chi connectivity index (χ4v) is 8.06. The highest BCUT2D eigenvalue weighted by Gasteiger charge is 2.35. The number of ketones is 4. The normalized spacial score (nSPS) is 12.7. The number of hydrogen-bond donors (Lipinski definition) is 5. The molecule has 71 heavy (non-hydrogen) atoms. The predicted molar refractivity (Wildman–Crippen MR) is 268 cm³/mol. The van der Waals surface area contributed by atoms with Crippen molar-refractivity contribution in [3.63, 3.8) is 0 Å². The fourth-order valence-electron chi connectivity index (χ4n) is 8.06. The van der Waals surface area contributed by atoms with E-state index in [1.165, 1.54) is 44.9 Å². The number of nitrogens with one attached hydrogen (secondary N) is 2. The minimum atomic E-state index is -1.06. The molecule has 0 aliphatic carbocycles. The summed E-state index contributed by atoms with van der Waals surface area (Å²) in [4.78, 5) is 108. The average molecular weight is 1010 g/mol. The highest BCUT2D eigenvalue weighted by Crippen LogP contribution is 2.29. The molecule has 3 atom stereocenters. The summed E-state index contributed by atoms with van der Waals surface area (Å²) in [7, 11) is 0. The third kappa shape index (κ3) is 41.1. The second-order valence-corrected chi connectivity index (χ2v) is 19.7. The number of carboxylic acids is 3. The molecule has 0 heterocycles. The van der Waals surface area contributed by atoms with Crippen molar-refractivity contribution in [2.75, 3.05) is 65.9 Å². The minimum absolute atomic E-state index is 0.0500. The summed E-state index contributed by atoms with van der Waals surface area (Å²) in [6.07, 6.45) is 17.9. The van der Waals surface area contributed by atoms with E-state index in [0.29, 0.717) is 45.3 Å². The van der Waals surface area contributed by atoms with Crippen LogP contribution < -0.4 is 10.6 Å². The average Bonchev–Trinajstić information content (AvgIpc) is 3.31. The molecule has 0 spiro atoms. The maximum absolute atomic E-state index is 12.8. The van der Waals surface area contributed by atoms with E-state index in [-0.39, 0.29) is 133 Å². The largest absolute Gasteiger partial charge is 0.481 e. The number of ether oxygens (including phenoxy) is 4. The second kappa shape index (κ2) is 43.5. The molecular formula is C53H92N2O16. The first-order valence-corrected chi connectivity index (χ1v) is 26.5. The van der Waals surface area contributed by atoms with Crippen LogP contribution in [0.2, 0.25) is 0 Å². The van der Waals surface area contributed by atoms with Crippen LogP contribution in [-0.4, -0.2) is 134 Å². The summed E-state index contributed by atoms with van der Waals surface area (Å²) in [5.74, 6) is -5.89. The molecule has 0 aliphatic heterocycles. The highest BCUT2D eigenvalue weighted by molar-refractivity contribution is 5.93. The Morgan fingerprint density at radius 2 is 0.915 bits per heavy atom. The van der Waals surface area contributed by atoms with Gasteiger partial charge in [-0.25, -0.2) is 0 Å². The molecular weight excluding hydrogens is 921 g/mol. The number of unbranched alkanes of at least 4 members (excludes halogenated alkanes) is 14. The number of carboxylic acid groups (broad SMARTS) is 3.